The third-order valence-corrected chi connectivity index (χ3v) is 9.49. The zero-order valence-corrected chi connectivity index (χ0v) is 23.6. The Labute approximate surface area is 236 Å². The van der Waals surface area contributed by atoms with Crippen molar-refractivity contribution in [2.45, 2.75) is 41.1 Å². The van der Waals surface area contributed by atoms with Crippen LogP contribution in [0.1, 0.15) is 18.4 Å². The third kappa shape index (κ3) is 6.35. The van der Waals surface area contributed by atoms with E-state index in [1.165, 1.54) is 18.2 Å². The minimum absolute atomic E-state index is 0.0505. The molecule has 0 unspecified atom stereocenters. The van der Waals surface area contributed by atoms with Crippen LogP contribution >= 0.6 is 35.0 Å². The van der Waals surface area contributed by atoms with Gasteiger partial charge in [0.05, 0.1) is 4.90 Å². The maximum atomic E-state index is 13.3. The quantitative estimate of drug-likeness (QED) is 0.325. The normalized spacial score (nSPS) is 16.8. The van der Waals surface area contributed by atoms with Gasteiger partial charge >= 0.3 is 5.97 Å². The van der Waals surface area contributed by atoms with Crippen LogP contribution in [0.2, 0.25) is 10.0 Å². The average Bonchev–Trinajstić information content (AvgIpc) is 3.39. The summed E-state index contributed by atoms with van der Waals surface area (Å²) in [6.45, 7) is 0.126. The monoisotopic (exact) mass is 592 g/mol. The van der Waals surface area contributed by atoms with Gasteiger partial charge < -0.3 is 10.4 Å². The van der Waals surface area contributed by atoms with Gasteiger partial charge in [-0.3, -0.25) is 4.79 Å². The van der Waals surface area contributed by atoms with E-state index >= 15 is 0 Å². The lowest BCUT2D eigenvalue weighted by Gasteiger charge is -2.25. The number of amides is 1. The smallest absolute Gasteiger partial charge is 0.326 e. The second kappa shape index (κ2) is 12.1. The molecule has 1 fully saturated rings. The first kappa shape index (κ1) is 28.4. The van der Waals surface area contributed by atoms with E-state index in [4.69, 9.17) is 23.2 Å². The molecule has 11 heteroatoms. The molecular weight excluding hydrogens is 567 g/mol. The van der Waals surface area contributed by atoms with Gasteiger partial charge in [0.15, 0.2) is 0 Å². The van der Waals surface area contributed by atoms with E-state index in [9.17, 15) is 23.1 Å². The number of nitrogens with zero attached hydrogens (tertiary/aromatic N) is 1. The number of carbonyl (C=O) groups excluding carboxylic acids is 1. The summed E-state index contributed by atoms with van der Waals surface area (Å²) in [6, 6.07) is 17.2. The SMILES string of the molecule is CSc1ccccc1-c1ccc(C[C@H](NC(=O)[C@@H]2CCCN2S(=O)(=O)c2cc(Cl)cc(Cl)c2)C(=O)O)cc1. The minimum atomic E-state index is -4.08. The van der Waals surface area contributed by atoms with Gasteiger partial charge in [0.1, 0.15) is 12.1 Å². The van der Waals surface area contributed by atoms with E-state index in [-0.39, 0.29) is 34.3 Å². The Morgan fingerprint density at radius 2 is 1.74 bits per heavy atom. The number of hydrogen-bond donors (Lipinski definition) is 2. The van der Waals surface area contributed by atoms with Crippen LogP contribution in [0.15, 0.2) is 76.5 Å². The highest BCUT2D eigenvalue weighted by molar-refractivity contribution is 7.98. The maximum Gasteiger partial charge on any atom is 0.326 e. The lowest BCUT2D eigenvalue weighted by Crippen LogP contribution is -2.51. The highest BCUT2D eigenvalue weighted by atomic mass is 35.5. The fraction of sp³-hybridized carbons (Fsp3) is 0.259. The lowest BCUT2D eigenvalue weighted by molar-refractivity contribution is -0.142. The molecule has 38 heavy (non-hydrogen) atoms. The van der Waals surface area contributed by atoms with Crippen molar-refractivity contribution in [2.75, 3.05) is 12.8 Å². The second-order valence-corrected chi connectivity index (χ2v) is 12.5. The summed E-state index contributed by atoms with van der Waals surface area (Å²) in [7, 11) is -4.08. The molecule has 200 valence electrons. The molecule has 1 saturated heterocycles. The van der Waals surface area contributed by atoms with Gasteiger partial charge in [-0.15, -0.1) is 11.8 Å². The number of thioether (sulfide) groups is 1. The molecule has 4 rings (SSSR count). The zero-order valence-electron chi connectivity index (χ0n) is 20.4. The molecule has 0 radical (unpaired) electrons. The highest BCUT2D eigenvalue weighted by Crippen LogP contribution is 2.31. The molecule has 0 aromatic heterocycles. The summed E-state index contributed by atoms with van der Waals surface area (Å²) in [5, 5.41) is 12.7. The maximum absolute atomic E-state index is 13.3. The number of benzene rings is 3. The number of carboxylic acid groups (broad SMARTS) is 1. The van der Waals surface area contributed by atoms with Gasteiger partial charge in [-0.25, -0.2) is 13.2 Å². The van der Waals surface area contributed by atoms with E-state index in [1.54, 1.807) is 11.8 Å². The molecule has 1 amide bonds. The van der Waals surface area contributed by atoms with Gasteiger partial charge in [0.2, 0.25) is 15.9 Å². The van der Waals surface area contributed by atoms with Crippen LogP contribution in [-0.4, -0.2) is 54.6 Å². The number of hydrogen-bond acceptors (Lipinski definition) is 5. The number of sulfonamides is 1. The van der Waals surface area contributed by atoms with Crippen molar-refractivity contribution in [3.8, 4) is 11.1 Å². The molecule has 7 nitrogen and oxygen atoms in total. The summed E-state index contributed by atoms with van der Waals surface area (Å²) in [5.41, 5.74) is 2.81. The van der Waals surface area contributed by atoms with E-state index in [0.717, 1.165) is 25.9 Å². The van der Waals surface area contributed by atoms with Crippen molar-refractivity contribution in [2.24, 2.45) is 0 Å². The Morgan fingerprint density at radius 3 is 2.37 bits per heavy atom. The summed E-state index contributed by atoms with van der Waals surface area (Å²) in [6.07, 6.45) is 2.79. The molecule has 0 spiro atoms. The van der Waals surface area contributed by atoms with E-state index < -0.39 is 34.0 Å². The van der Waals surface area contributed by atoms with Crippen LogP contribution < -0.4 is 5.32 Å². The van der Waals surface area contributed by atoms with Crippen LogP contribution in [0.25, 0.3) is 11.1 Å². The van der Waals surface area contributed by atoms with Crippen molar-refractivity contribution in [3.63, 3.8) is 0 Å². The van der Waals surface area contributed by atoms with Crippen molar-refractivity contribution in [1.29, 1.82) is 0 Å². The molecule has 1 heterocycles. The van der Waals surface area contributed by atoms with E-state index in [2.05, 4.69) is 5.32 Å². The Kier molecular flexibility index (Phi) is 9.05. The lowest BCUT2D eigenvalue weighted by atomic mass is 10.0. The molecule has 2 atom stereocenters. The highest BCUT2D eigenvalue weighted by Gasteiger charge is 2.40. The van der Waals surface area contributed by atoms with Crippen molar-refractivity contribution in [3.05, 3.63) is 82.3 Å². The molecule has 0 aliphatic carbocycles. The molecular formula is C27H26Cl2N2O5S2. The molecule has 3 aromatic carbocycles. The van der Waals surface area contributed by atoms with Gasteiger partial charge in [-0.05, 0) is 60.1 Å². The topological polar surface area (TPSA) is 104 Å². The van der Waals surface area contributed by atoms with Crippen LogP contribution in [0.4, 0.5) is 0 Å². The van der Waals surface area contributed by atoms with Crippen LogP contribution in [-0.2, 0) is 26.0 Å². The van der Waals surface area contributed by atoms with E-state index in [1.807, 2.05) is 54.8 Å². The number of nitrogens with one attached hydrogen (secondary N) is 1. The first-order valence-corrected chi connectivity index (χ1v) is 15.3. The fourth-order valence-corrected chi connectivity index (χ4v) is 7.51. The zero-order chi connectivity index (χ0) is 27.4. The molecule has 3 aromatic rings. The summed E-state index contributed by atoms with van der Waals surface area (Å²) < 4.78 is 27.6. The Balaban J connectivity index is 1.49. The standard InChI is InChI=1S/C27H26Cl2N2O5S2/c1-37-25-7-3-2-5-22(25)18-10-8-17(9-11-18)13-23(27(33)34)30-26(32)24-6-4-12-31(24)38(35,36)21-15-19(28)14-20(29)16-21/h2-3,5,7-11,14-16,23-24H,4,6,12-13H2,1H3,(H,30,32)(H,33,34)/t23-,24-/m0/s1. The van der Waals surface area contributed by atoms with Crippen LogP contribution in [0.3, 0.4) is 0 Å². The third-order valence-electron chi connectivity index (χ3n) is 6.38. The number of carbonyl (C=O) groups is 2. The summed E-state index contributed by atoms with van der Waals surface area (Å²) in [4.78, 5) is 26.2. The summed E-state index contributed by atoms with van der Waals surface area (Å²) >= 11 is 13.6. The first-order valence-electron chi connectivity index (χ1n) is 11.8. The molecule has 1 aliphatic heterocycles. The number of halogens is 2. The molecule has 2 N–H and O–H groups in total. The van der Waals surface area contributed by atoms with Crippen molar-refractivity contribution < 1.29 is 23.1 Å². The van der Waals surface area contributed by atoms with Gasteiger partial charge in [-0.2, -0.15) is 4.31 Å². The van der Waals surface area contributed by atoms with Gasteiger partial charge in [0.25, 0.3) is 0 Å². The predicted octanol–water partition coefficient (Wildman–Crippen LogP) is 5.35. The van der Waals surface area contributed by atoms with Crippen molar-refractivity contribution in [1.82, 2.24) is 9.62 Å². The molecule has 0 bridgehead atoms. The van der Waals surface area contributed by atoms with Crippen LogP contribution in [0, 0.1) is 0 Å². The first-order chi connectivity index (χ1) is 18.1. The largest absolute Gasteiger partial charge is 0.480 e. The Bertz CT molecular complexity index is 1430. The van der Waals surface area contributed by atoms with Gasteiger partial charge in [0, 0.05) is 27.9 Å². The van der Waals surface area contributed by atoms with E-state index in [0.29, 0.717) is 6.42 Å². The number of carboxylic acids is 1. The molecule has 1 aliphatic rings. The average molecular weight is 594 g/mol. The fourth-order valence-electron chi connectivity index (χ4n) is 4.51. The Morgan fingerprint density at radius 1 is 1.08 bits per heavy atom. The van der Waals surface area contributed by atoms with Crippen LogP contribution in [0.5, 0.6) is 0 Å². The second-order valence-electron chi connectivity index (χ2n) is 8.88. The summed E-state index contributed by atoms with van der Waals surface area (Å²) in [5.74, 6) is -1.86. The van der Waals surface area contributed by atoms with Crippen molar-refractivity contribution >= 4 is 56.9 Å². The number of rotatable bonds is 9. The molecule has 0 saturated carbocycles. The number of aliphatic carboxylic acids is 1. The van der Waals surface area contributed by atoms with Gasteiger partial charge in [-0.1, -0.05) is 65.7 Å². The minimum Gasteiger partial charge on any atom is -0.480 e. The Hall–Kier alpha value is -2.56. The predicted molar refractivity (Wildman–Crippen MR) is 150 cm³/mol.